The molecule has 2 atom stereocenters. The molecule has 4 aromatic carbocycles. The highest BCUT2D eigenvalue weighted by molar-refractivity contribution is 7.89. The first-order valence-electron chi connectivity index (χ1n) is 24.1. The van der Waals surface area contributed by atoms with Gasteiger partial charge < -0.3 is 34.1 Å². The first kappa shape index (κ1) is 56.1. The lowest BCUT2D eigenvalue weighted by Gasteiger charge is -2.24. The second-order valence-corrected chi connectivity index (χ2v) is 21.6. The predicted molar refractivity (Wildman–Crippen MR) is 289 cm³/mol. The molecule has 19 nitrogen and oxygen atoms in total. The number of thiophene rings is 1. The summed E-state index contributed by atoms with van der Waals surface area (Å²) in [5, 5.41) is 40.0. The fraction of sp³-hybridized carbons (Fsp3) is 0.377. The number of methoxy groups -OCH3 is 1. The lowest BCUT2D eigenvalue weighted by Crippen LogP contribution is -2.42. The van der Waals surface area contributed by atoms with Crippen LogP contribution < -0.4 is 19.7 Å². The van der Waals surface area contributed by atoms with Crippen LogP contribution in [0.4, 0.5) is 5.00 Å². The zero-order chi connectivity index (χ0) is 54.0. The van der Waals surface area contributed by atoms with Gasteiger partial charge in [-0.15, -0.1) is 16.4 Å². The van der Waals surface area contributed by atoms with Crippen molar-refractivity contribution in [3.05, 3.63) is 128 Å². The molecule has 398 valence electrons. The maximum Gasteiger partial charge on any atom is 0.304 e. The fourth-order valence-electron chi connectivity index (χ4n) is 8.58. The smallest absolute Gasteiger partial charge is 0.304 e. The van der Waals surface area contributed by atoms with Crippen LogP contribution in [-0.2, 0) is 47.4 Å². The molecule has 6 aromatic rings. The largest absolute Gasteiger partial charge is 0.494 e. The Bertz CT molecular complexity index is 3180. The number of ether oxygens (including phenoxy) is 5. The van der Waals surface area contributed by atoms with Crippen LogP contribution in [0.1, 0.15) is 69.5 Å². The van der Waals surface area contributed by atoms with Crippen molar-refractivity contribution in [2.75, 3.05) is 71.9 Å². The van der Waals surface area contributed by atoms with Gasteiger partial charge in [0.2, 0.25) is 15.9 Å². The van der Waals surface area contributed by atoms with E-state index in [-0.39, 0.29) is 68.2 Å². The van der Waals surface area contributed by atoms with E-state index in [4.69, 9.17) is 51.1 Å². The molecule has 1 unspecified atom stereocenters. The fourth-order valence-corrected chi connectivity index (χ4v) is 11.1. The van der Waals surface area contributed by atoms with Gasteiger partial charge in [0.25, 0.3) is 0 Å². The molecule has 1 aliphatic heterocycles. The van der Waals surface area contributed by atoms with Gasteiger partial charge in [0, 0.05) is 54.1 Å². The summed E-state index contributed by atoms with van der Waals surface area (Å²) < 4.78 is 58.6. The number of carbonyl (C=O) groups excluding carboxylic acids is 1. The first-order valence-corrected chi connectivity index (χ1v) is 26.8. The van der Waals surface area contributed by atoms with Crippen LogP contribution >= 0.6 is 22.9 Å². The van der Waals surface area contributed by atoms with Crippen LogP contribution in [-0.4, -0.2) is 135 Å². The third-order valence-corrected chi connectivity index (χ3v) is 15.9. The number of halogens is 1. The van der Waals surface area contributed by atoms with Gasteiger partial charge in [0.15, 0.2) is 0 Å². The van der Waals surface area contributed by atoms with Crippen LogP contribution in [0.3, 0.4) is 0 Å². The van der Waals surface area contributed by atoms with Gasteiger partial charge in [-0.1, -0.05) is 47.1 Å². The number of carbonyl (C=O) groups is 2. The quantitative estimate of drug-likeness (QED) is 0.0245. The Morgan fingerprint density at radius 2 is 1.59 bits per heavy atom. The molecule has 0 saturated carbocycles. The number of rotatable bonds is 25. The molecular weight excluding hydrogens is 1020 g/mol. The minimum Gasteiger partial charge on any atom is -0.494 e. The Labute approximate surface area is 445 Å². The second-order valence-electron chi connectivity index (χ2n) is 17.9. The van der Waals surface area contributed by atoms with Gasteiger partial charge >= 0.3 is 5.97 Å². The summed E-state index contributed by atoms with van der Waals surface area (Å²) in [6, 6.07) is 21.8. The third kappa shape index (κ3) is 13.6. The first-order chi connectivity index (χ1) is 35.9. The number of aromatic nitrogens is 3. The summed E-state index contributed by atoms with van der Waals surface area (Å²) in [4.78, 5) is 33.0. The molecule has 0 bridgehead atoms. The van der Waals surface area contributed by atoms with E-state index in [0.29, 0.717) is 70.8 Å². The standard InChI is InChI=1S/C53H62ClN9O10S2/c1-32-8-9-37(43(29-48(65)66)38-27-44-51(46(28-38)69-7)62(6)60-59-44)26-39(32)31-61(5)75(67,68)42-16-14-41(15-17-42)73-25-24-72-23-22-71-21-20-70-19-18-57-47(64)30-45-52(56)63(35(4)55)53-49(33(2)34(3)74-53)50(58-45)36-10-12-40(54)13-11-36/h8-17,26-28,43,45,55-56H,18-25,29-31H2,1-7H3,(H,57,64)(H,65,66)/t43?,45-/m0/s1. The van der Waals surface area contributed by atoms with Gasteiger partial charge in [-0.3, -0.25) is 30.3 Å². The molecule has 0 fully saturated rings. The van der Waals surface area contributed by atoms with Crippen molar-refractivity contribution in [2.24, 2.45) is 12.0 Å². The lowest BCUT2D eigenvalue weighted by molar-refractivity contribution is -0.137. The molecule has 75 heavy (non-hydrogen) atoms. The molecule has 4 N–H and O–H groups in total. The van der Waals surface area contributed by atoms with E-state index in [1.807, 2.05) is 51.1 Å². The van der Waals surface area contributed by atoms with Crippen molar-refractivity contribution >= 4 is 78.3 Å². The molecule has 7 rings (SSSR count). The van der Waals surface area contributed by atoms with Crippen molar-refractivity contribution in [1.29, 1.82) is 10.8 Å². The van der Waals surface area contributed by atoms with E-state index < -0.39 is 28.0 Å². The maximum absolute atomic E-state index is 13.7. The summed E-state index contributed by atoms with van der Waals surface area (Å²) in [7, 11) is 0.866. The number of nitrogens with one attached hydrogen (secondary N) is 3. The lowest BCUT2D eigenvalue weighted by atomic mass is 9.86. The van der Waals surface area contributed by atoms with Crippen LogP contribution in [0.5, 0.6) is 11.5 Å². The molecule has 22 heteroatoms. The van der Waals surface area contributed by atoms with E-state index in [1.54, 1.807) is 60.0 Å². The number of anilines is 1. The summed E-state index contributed by atoms with van der Waals surface area (Å²) in [5.74, 6) is -0.662. The number of amides is 1. The summed E-state index contributed by atoms with van der Waals surface area (Å²) in [6.07, 6.45) is -0.296. The number of benzene rings is 4. The Balaban J connectivity index is 0.796. The molecular formula is C53H62ClN9O10S2. The van der Waals surface area contributed by atoms with Gasteiger partial charge in [-0.25, -0.2) is 13.1 Å². The minimum atomic E-state index is -3.92. The molecule has 1 aliphatic rings. The topological polar surface area (TPSA) is 244 Å². The summed E-state index contributed by atoms with van der Waals surface area (Å²) in [6.45, 7) is 9.84. The number of carboxylic acid groups (broad SMARTS) is 1. The van der Waals surface area contributed by atoms with Crippen LogP contribution in [0.15, 0.2) is 88.8 Å². The Morgan fingerprint density at radius 1 is 0.920 bits per heavy atom. The summed E-state index contributed by atoms with van der Waals surface area (Å²) >= 11 is 7.69. The highest BCUT2D eigenvalue weighted by atomic mass is 35.5. The van der Waals surface area contributed by atoms with E-state index in [2.05, 4.69) is 15.6 Å². The predicted octanol–water partition coefficient (Wildman–Crippen LogP) is 7.68. The molecule has 1 amide bonds. The summed E-state index contributed by atoms with van der Waals surface area (Å²) in [5.41, 5.74) is 7.52. The monoisotopic (exact) mass is 1080 g/mol. The van der Waals surface area contributed by atoms with E-state index >= 15 is 0 Å². The number of hydrogen-bond donors (Lipinski definition) is 4. The van der Waals surface area contributed by atoms with Crippen molar-refractivity contribution < 1.29 is 46.8 Å². The van der Waals surface area contributed by atoms with Gasteiger partial charge in [-0.05, 0) is 104 Å². The number of aliphatic carboxylic acids is 1. The third-order valence-electron chi connectivity index (χ3n) is 12.7. The maximum atomic E-state index is 13.7. The van der Waals surface area contributed by atoms with Crippen molar-refractivity contribution in [1.82, 2.24) is 24.6 Å². The Hall–Kier alpha value is -6.59. The van der Waals surface area contributed by atoms with Crippen LogP contribution in [0, 0.1) is 31.6 Å². The van der Waals surface area contributed by atoms with Gasteiger partial charge in [0.05, 0.1) is 70.2 Å². The SMILES string of the molecule is COc1cc(C(CC(=O)O)c2ccc(C)c(CN(C)S(=O)(=O)c3ccc(OCCOCCOCCOCCNC(=O)C[C@@H]4N=C(c5ccc(Cl)cc5)c5c(sc(C)c5C)N(C(C)=N)C4=N)cc3)c2)cc2nnn(C)c12. The number of hydrogen-bond acceptors (Lipinski definition) is 15. The Morgan fingerprint density at radius 3 is 2.24 bits per heavy atom. The van der Waals surface area contributed by atoms with Crippen molar-refractivity contribution in [3.63, 3.8) is 0 Å². The number of fused-ring (bicyclic) bond motifs is 2. The number of aliphatic imine (C=N–C) groups is 1. The van der Waals surface area contributed by atoms with Gasteiger partial charge in [0.1, 0.15) is 51.9 Å². The highest BCUT2D eigenvalue weighted by Gasteiger charge is 2.35. The number of carboxylic acids is 1. The number of nitrogens with zero attached hydrogens (tertiary/aromatic N) is 6. The average molecular weight is 1080 g/mol. The molecule has 3 heterocycles. The zero-order valence-corrected chi connectivity index (χ0v) is 45.3. The van der Waals surface area contributed by atoms with Gasteiger partial charge in [-0.2, -0.15) is 4.31 Å². The van der Waals surface area contributed by atoms with Crippen molar-refractivity contribution in [2.45, 2.75) is 63.9 Å². The number of sulfonamides is 1. The molecule has 0 saturated heterocycles. The molecule has 0 spiro atoms. The molecule has 2 aromatic heterocycles. The highest BCUT2D eigenvalue weighted by Crippen LogP contribution is 2.41. The normalized spacial score (nSPS) is 14.1. The molecule has 0 aliphatic carbocycles. The second kappa shape index (κ2) is 25.3. The van der Waals surface area contributed by atoms with Crippen molar-refractivity contribution in [3.8, 4) is 11.5 Å². The minimum absolute atomic E-state index is 0.0461. The zero-order valence-electron chi connectivity index (χ0n) is 42.9. The van der Waals surface area contributed by atoms with E-state index in [0.717, 1.165) is 37.7 Å². The average Bonchev–Trinajstić information content (AvgIpc) is 3.86. The number of aryl methyl sites for hydroxylation is 3. The van der Waals surface area contributed by atoms with Crippen LogP contribution in [0.2, 0.25) is 5.02 Å². The number of amidine groups is 2. The van der Waals surface area contributed by atoms with E-state index in [1.165, 1.54) is 41.9 Å². The van der Waals surface area contributed by atoms with Crippen LogP contribution in [0.25, 0.3) is 11.0 Å². The van der Waals surface area contributed by atoms with E-state index in [9.17, 15) is 23.1 Å². The molecule has 0 radical (unpaired) electrons. The Kier molecular flexibility index (Phi) is 18.9.